The average Bonchev–Trinajstić information content (AvgIpc) is 2.59. The summed E-state index contributed by atoms with van der Waals surface area (Å²) in [6.07, 6.45) is 1.30. The molecule has 1 N–H and O–H groups in total. The molecular weight excluding hydrogens is 364 g/mol. The summed E-state index contributed by atoms with van der Waals surface area (Å²) in [7, 11) is 1.51. The van der Waals surface area contributed by atoms with E-state index in [-0.39, 0.29) is 12.5 Å². The topological polar surface area (TPSA) is 67.9 Å². The van der Waals surface area contributed by atoms with Crippen molar-refractivity contribution >= 4 is 27.9 Å². The van der Waals surface area contributed by atoms with Crippen molar-refractivity contribution < 1.29 is 19.1 Å². The fraction of sp³-hybridized carbons (Fsp3) is 0.500. The zero-order chi connectivity index (χ0) is 16.7. The van der Waals surface area contributed by atoms with Gasteiger partial charge in [0.25, 0.3) is 5.91 Å². The van der Waals surface area contributed by atoms with Crippen LogP contribution in [0.15, 0.2) is 28.7 Å². The Kier molecular flexibility index (Phi) is 6.70. The first-order valence-electron chi connectivity index (χ1n) is 7.59. The molecule has 126 valence electrons. The van der Waals surface area contributed by atoms with Crippen LogP contribution in [0.25, 0.3) is 0 Å². The normalized spacial score (nSPS) is 15.1. The van der Waals surface area contributed by atoms with Crippen LogP contribution in [0, 0.1) is 5.92 Å². The standard InChI is InChI=1S/C16H21BrN2O4/c1-18-15(20)11-23-16(21)19-8-6-12(7-9-19)10-22-14-4-2-13(17)3-5-14/h2-5,12H,6-11H2,1H3,(H,18,20). The molecule has 2 rings (SSSR count). The monoisotopic (exact) mass is 384 g/mol. The lowest BCUT2D eigenvalue weighted by Crippen LogP contribution is -2.41. The Morgan fingerprint density at radius 3 is 2.52 bits per heavy atom. The Hall–Kier alpha value is -1.76. The van der Waals surface area contributed by atoms with Gasteiger partial charge in [-0.25, -0.2) is 4.79 Å². The van der Waals surface area contributed by atoms with Crippen molar-refractivity contribution in [1.29, 1.82) is 0 Å². The smallest absolute Gasteiger partial charge is 0.410 e. The first kappa shape index (κ1) is 17.6. The third-order valence-corrected chi connectivity index (χ3v) is 4.31. The Balaban J connectivity index is 1.68. The highest BCUT2D eigenvalue weighted by atomic mass is 79.9. The van der Waals surface area contributed by atoms with Crippen LogP contribution < -0.4 is 10.1 Å². The highest BCUT2D eigenvalue weighted by Gasteiger charge is 2.24. The molecule has 0 aliphatic carbocycles. The lowest BCUT2D eigenvalue weighted by Gasteiger charge is -2.31. The van der Waals surface area contributed by atoms with E-state index in [0.717, 1.165) is 23.1 Å². The summed E-state index contributed by atoms with van der Waals surface area (Å²) in [4.78, 5) is 24.5. The Labute approximate surface area is 144 Å². The van der Waals surface area contributed by atoms with Crippen molar-refractivity contribution in [2.45, 2.75) is 12.8 Å². The summed E-state index contributed by atoms with van der Waals surface area (Å²) in [5.41, 5.74) is 0. The number of hydrogen-bond acceptors (Lipinski definition) is 4. The van der Waals surface area contributed by atoms with Gasteiger partial charge in [-0.15, -0.1) is 0 Å². The summed E-state index contributed by atoms with van der Waals surface area (Å²) >= 11 is 3.39. The number of likely N-dealkylation sites (N-methyl/N-ethyl adjacent to an activating group) is 1. The molecule has 0 bridgehead atoms. The average molecular weight is 385 g/mol. The predicted octanol–water partition coefficient (Wildman–Crippen LogP) is 2.42. The Bertz CT molecular complexity index is 527. The van der Waals surface area contributed by atoms with Crippen LogP contribution in [0.3, 0.4) is 0 Å². The van der Waals surface area contributed by atoms with Gasteiger partial charge in [-0.2, -0.15) is 0 Å². The summed E-state index contributed by atoms with van der Waals surface area (Å²) in [6, 6.07) is 7.74. The number of piperidine rings is 1. The van der Waals surface area contributed by atoms with Crippen LogP contribution >= 0.6 is 15.9 Å². The van der Waals surface area contributed by atoms with Crippen LogP contribution in [-0.4, -0.2) is 50.3 Å². The quantitative estimate of drug-likeness (QED) is 0.846. The van der Waals surface area contributed by atoms with Crippen molar-refractivity contribution in [2.75, 3.05) is 33.4 Å². The fourth-order valence-electron chi connectivity index (χ4n) is 2.32. The molecule has 1 fully saturated rings. The van der Waals surface area contributed by atoms with Gasteiger partial charge in [-0.3, -0.25) is 4.79 Å². The second-order valence-electron chi connectivity index (χ2n) is 5.42. The summed E-state index contributed by atoms with van der Waals surface area (Å²) in [5.74, 6) is 0.957. The molecule has 23 heavy (non-hydrogen) atoms. The van der Waals surface area contributed by atoms with Gasteiger partial charge in [-0.05, 0) is 43.0 Å². The van der Waals surface area contributed by atoms with E-state index >= 15 is 0 Å². The molecule has 1 saturated heterocycles. The maximum Gasteiger partial charge on any atom is 0.410 e. The number of halogens is 1. The highest BCUT2D eigenvalue weighted by Crippen LogP contribution is 2.21. The molecule has 0 radical (unpaired) electrons. The van der Waals surface area contributed by atoms with E-state index in [9.17, 15) is 9.59 Å². The molecule has 1 heterocycles. The van der Waals surface area contributed by atoms with Gasteiger partial charge in [0.1, 0.15) is 5.75 Å². The number of ether oxygens (including phenoxy) is 2. The lowest BCUT2D eigenvalue weighted by atomic mass is 9.98. The molecule has 2 amide bonds. The summed E-state index contributed by atoms with van der Waals surface area (Å²) < 4.78 is 11.8. The number of amides is 2. The largest absolute Gasteiger partial charge is 0.493 e. The number of benzene rings is 1. The van der Waals surface area contributed by atoms with Gasteiger partial charge in [0, 0.05) is 24.6 Å². The Morgan fingerprint density at radius 1 is 1.26 bits per heavy atom. The first-order chi connectivity index (χ1) is 11.1. The van der Waals surface area contributed by atoms with Gasteiger partial charge in [-0.1, -0.05) is 15.9 Å². The molecule has 1 aromatic carbocycles. The van der Waals surface area contributed by atoms with Gasteiger partial charge in [0.15, 0.2) is 6.61 Å². The zero-order valence-electron chi connectivity index (χ0n) is 13.1. The number of likely N-dealkylation sites (tertiary alicyclic amines) is 1. The van der Waals surface area contributed by atoms with Crippen LogP contribution in [-0.2, 0) is 9.53 Å². The molecule has 1 aliphatic rings. The molecule has 0 saturated carbocycles. The highest BCUT2D eigenvalue weighted by molar-refractivity contribution is 9.10. The minimum absolute atomic E-state index is 0.234. The number of nitrogens with zero attached hydrogens (tertiary/aromatic N) is 1. The van der Waals surface area contributed by atoms with E-state index in [1.165, 1.54) is 7.05 Å². The molecule has 6 nitrogen and oxygen atoms in total. The summed E-state index contributed by atoms with van der Waals surface area (Å²) in [5, 5.41) is 2.41. The second-order valence-corrected chi connectivity index (χ2v) is 6.34. The van der Waals surface area contributed by atoms with E-state index in [1.54, 1.807) is 4.90 Å². The number of carbonyl (C=O) groups is 2. The minimum atomic E-state index is -0.430. The molecule has 1 aromatic rings. The maximum absolute atomic E-state index is 11.8. The third-order valence-electron chi connectivity index (χ3n) is 3.78. The molecule has 0 atom stereocenters. The third kappa shape index (κ3) is 5.74. The molecule has 7 heteroatoms. The van der Waals surface area contributed by atoms with E-state index in [4.69, 9.17) is 9.47 Å². The van der Waals surface area contributed by atoms with Crippen molar-refractivity contribution in [3.05, 3.63) is 28.7 Å². The number of rotatable bonds is 5. The van der Waals surface area contributed by atoms with E-state index in [0.29, 0.717) is 25.6 Å². The van der Waals surface area contributed by atoms with Crippen molar-refractivity contribution in [3.63, 3.8) is 0 Å². The minimum Gasteiger partial charge on any atom is -0.493 e. The van der Waals surface area contributed by atoms with Crippen molar-refractivity contribution in [2.24, 2.45) is 5.92 Å². The predicted molar refractivity (Wildman–Crippen MR) is 89.3 cm³/mol. The van der Waals surface area contributed by atoms with E-state index < -0.39 is 6.09 Å². The fourth-order valence-corrected chi connectivity index (χ4v) is 2.58. The first-order valence-corrected chi connectivity index (χ1v) is 8.38. The van der Waals surface area contributed by atoms with Crippen LogP contribution in [0.5, 0.6) is 5.75 Å². The molecule has 0 unspecified atom stereocenters. The Morgan fingerprint density at radius 2 is 1.91 bits per heavy atom. The van der Waals surface area contributed by atoms with Crippen LogP contribution in [0.4, 0.5) is 4.79 Å². The van der Waals surface area contributed by atoms with Crippen LogP contribution in [0.2, 0.25) is 0 Å². The number of carbonyl (C=O) groups excluding carboxylic acids is 2. The van der Waals surface area contributed by atoms with Gasteiger partial charge >= 0.3 is 6.09 Å². The van der Waals surface area contributed by atoms with Gasteiger partial charge in [0.05, 0.1) is 6.61 Å². The van der Waals surface area contributed by atoms with Gasteiger partial charge < -0.3 is 19.7 Å². The molecular formula is C16H21BrN2O4. The maximum atomic E-state index is 11.8. The van der Waals surface area contributed by atoms with Crippen molar-refractivity contribution in [1.82, 2.24) is 10.2 Å². The van der Waals surface area contributed by atoms with E-state index in [2.05, 4.69) is 21.2 Å². The van der Waals surface area contributed by atoms with Crippen molar-refractivity contribution in [3.8, 4) is 5.75 Å². The molecule has 1 aliphatic heterocycles. The van der Waals surface area contributed by atoms with Crippen LogP contribution in [0.1, 0.15) is 12.8 Å². The summed E-state index contributed by atoms with van der Waals surface area (Å²) in [6.45, 7) is 1.66. The SMILES string of the molecule is CNC(=O)COC(=O)N1CCC(COc2ccc(Br)cc2)CC1. The number of hydrogen-bond donors (Lipinski definition) is 1. The lowest BCUT2D eigenvalue weighted by molar-refractivity contribution is -0.123. The number of nitrogens with one attached hydrogen (secondary N) is 1. The van der Waals surface area contributed by atoms with E-state index in [1.807, 2.05) is 24.3 Å². The van der Waals surface area contributed by atoms with Gasteiger partial charge in [0.2, 0.25) is 0 Å². The molecule has 0 aromatic heterocycles. The second kappa shape index (κ2) is 8.76. The molecule has 0 spiro atoms. The zero-order valence-corrected chi connectivity index (χ0v) is 14.7.